The number of nitrogens with one attached hydrogen (secondary N) is 1. The van der Waals surface area contributed by atoms with E-state index in [9.17, 15) is 0 Å². The molecule has 0 saturated heterocycles. The van der Waals surface area contributed by atoms with E-state index < -0.39 is 0 Å². The molecular formula is C19H39NO. The number of rotatable bonds is 9. The van der Waals surface area contributed by atoms with E-state index in [1.54, 1.807) is 0 Å². The Kier molecular flexibility index (Phi) is 8.26. The quantitative estimate of drug-likeness (QED) is 0.582. The third-order valence-corrected chi connectivity index (χ3v) is 4.81. The monoisotopic (exact) mass is 297 g/mol. The van der Waals surface area contributed by atoms with Gasteiger partial charge < -0.3 is 10.1 Å². The molecule has 0 atom stereocenters. The highest BCUT2D eigenvalue weighted by Crippen LogP contribution is 2.37. The van der Waals surface area contributed by atoms with E-state index in [0.29, 0.717) is 0 Å². The Morgan fingerprint density at radius 1 is 1.05 bits per heavy atom. The lowest BCUT2D eigenvalue weighted by Crippen LogP contribution is -2.51. The van der Waals surface area contributed by atoms with Crippen molar-refractivity contribution < 1.29 is 4.74 Å². The average Bonchev–Trinajstić information content (AvgIpc) is 2.44. The highest BCUT2D eigenvalue weighted by Gasteiger charge is 2.36. The molecule has 0 unspecified atom stereocenters. The highest BCUT2D eigenvalue weighted by atomic mass is 16.5. The number of ether oxygens (including phenoxy) is 1. The van der Waals surface area contributed by atoms with Crippen molar-refractivity contribution >= 4 is 0 Å². The van der Waals surface area contributed by atoms with Crippen molar-refractivity contribution in [3.05, 3.63) is 0 Å². The first-order valence-corrected chi connectivity index (χ1v) is 9.30. The number of unbranched alkanes of at least 4 members (excludes halogenated alkanes) is 2. The van der Waals surface area contributed by atoms with Crippen LogP contribution in [-0.2, 0) is 4.74 Å². The summed E-state index contributed by atoms with van der Waals surface area (Å²) in [7, 11) is 0. The zero-order chi connectivity index (χ0) is 15.8. The van der Waals surface area contributed by atoms with Gasteiger partial charge in [0.2, 0.25) is 0 Å². The first-order chi connectivity index (χ1) is 9.91. The largest absolute Gasteiger partial charge is 0.374 e. The van der Waals surface area contributed by atoms with Crippen LogP contribution in [0, 0.1) is 5.92 Å². The van der Waals surface area contributed by atoms with Crippen molar-refractivity contribution in [2.75, 3.05) is 13.2 Å². The van der Waals surface area contributed by atoms with Crippen LogP contribution in [0.1, 0.15) is 92.4 Å². The molecule has 0 amide bonds. The molecule has 0 aromatic rings. The topological polar surface area (TPSA) is 21.3 Å². The second kappa shape index (κ2) is 9.15. The Labute approximate surface area is 133 Å². The van der Waals surface area contributed by atoms with Gasteiger partial charge >= 0.3 is 0 Å². The molecule has 126 valence electrons. The molecular weight excluding hydrogens is 258 g/mol. The molecule has 0 heterocycles. The maximum Gasteiger partial charge on any atom is 0.0806 e. The predicted molar refractivity (Wildman–Crippen MR) is 92.8 cm³/mol. The van der Waals surface area contributed by atoms with Crippen LogP contribution in [-0.4, -0.2) is 24.3 Å². The maximum absolute atomic E-state index is 6.43. The SMILES string of the molecule is CCCCCOC1(CNC(C)(C)C)CCC(CCC)CC1. The van der Waals surface area contributed by atoms with Gasteiger partial charge in [0.15, 0.2) is 0 Å². The third kappa shape index (κ3) is 7.65. The van der Waals surface area contributed by atoms with E-state index in [2.05, 4.69) is 39.9 Å². The normalized spacial score (nSPS) is 27.0. The molecule has 1 aliphatic carbocycles. The molecule has 1 rings (SSSR count). The third-order valence-electron chi connectivity index (χ3n) is 4.81. The summed E-state index contributed by atoms with van der Waals surface area (Å²) in [5, 5.41) is 3.70. The molecule has 0 spiro atoms. The molecule has 1 saturated carbocycles. The lowest BCUT2D eigenvalue weighted by molar-refractivity contribution is -0.0806. The van der Waals surface area contributed by atoms with Gasteiger partial charge in [-0.25, -0.2) is 0 Å². The summed E-state index contributed by atoms with van der Waals surface area (Å²) in [6.07, 6.45) is 11.7. The average molecular weight is 298 g/mol. The van der Waals surface area contributed by atoms with E-state index in [1.807, 2.05) is 0 Å². The Morgan fingerprint density at radius 3 is 2.24 bits per heavy atom. The molecule has 0 aromatic carbocycles. The van der Waals surface area contributed by atoms with Gasteiger partial charge in [-0.2, -0.15) is 0 Å². The molecule has 1 aliphatic rings. The molecule has 1 fully saturated rings. The molecule has 0 bridgehead atoms. The van der Waals surface area contributed by atoms with Gasteiger partial charge in [-0.05, 0) is 58.8 Å². The van der Waals surface area contributed by atoms with Crippen LogP contribution in [0.5, 0.6) is 0 Å². The lowest BCUT2D eigenvalue weighted by Gasteiger charge is -2.42. The summed E-state index contributed by atoms with van der Waals surface area (Å²) >= 11 is 0. The highest BCUT2D eigenvalue weighted by molar-refractivity contribution is 4.91. The minimum atomic E-state index is 0.102. The van der Waals surface area contributed by atoms with E-state index in [-0.39, 0.29) is 11.1 Å². The zero-order valence-corrected chi connectivity index (χ0v) is 15.3. The molecule has 21 heavy (non-hydrogen) atoms. The van der Waals surface area contributed by atoms with Gasteiger partial charge in [0, 0.05) is 18.7 Å². The van der Waals surface area contributed by atoms with Gasteiger partial charge in [-0.1, -0.05) is 39.5 Å². The van der Waals surface area contributed by atoms with Crippen LogP contribution >= 0.6 is 0 Å². The van der Waals surface area contributed by atoms with E-state index in [4.69, 9.17) is 4.74 Å². The van der Waals surface area contributed by atoms with E-state index in [1.165, 1.54) is 57.8 Å². The van der Waals surface area contributed by atoms with Crippen LogP contribution in [0.25, 0.3) is 0 Å². The van der Waals surface area contributed by atoms with E-state index >= 15 is 0 Å². The summed E-state index contributed by atoms with van der Waals surface area (Å²) in [5.74, 6) is 0.942. The predicted octanol–water partition coefficient (Wildman–Crippen LogP) is 5.31. The van der Waals surface area contributed by atoms with Crippen molar-refractivity contribution in [2.45, 2.75) is 104 Å². The standard InChI is InChI=1S/C19H39NO/c1-6-8-9-15-21-19(16-20-18(3,4)5)13-11-17(10-7-2)12-14-19/h17,20H,6-16H2,1-5H3. The van der Waals surface area contributed by atoms with Crippen molar-refractivity contribution in [3.63, 3.8) is 0 Å². The van der Waals surface area contributed by atoms with Gasteiger partial charge in [-0.15, -0.1) is 0 Å². The second-order valence-corrected chi connectivity index (χ2v) is 8.07. The van der Waals surface area contributed by atoms with Crippen molar-refractivity contribution in [3.8, 4) is 0 Å². The summed E-state index contributed by atoms with van der Waals surface area (Å²) < 4.78 is 6.43. The van der Waals surface area contributed by atoms with Gasteiger partial charge in [0.25, 0.3) is 0 Å². The van der Waals surface area contributed by atoms with Crippen LogP contribution < -0.4 is 5.32 Å². The first-order valence-electron chi connectivity index (χ1n) is 9.30. The minimum Gasteiger partial charge on any atom is -0.374 e. The Morgan fingerprint density at radius 2 is 1.71 bits per heavy atom. The zero-order valence-electron chi connectivity index (χ0n) is 15.3. The molecule has 1 N–H and O–H groups in total. The second-order valence-electron chi connectivity index (χ2n) is 8.07. The Hall–Kier alpha value is -0.0800. The van der Waals surface area contributed by atoms with Crippen LogP contribution in [0.2, 0.25) is 0 Å². The Bertz CT molecular complexity index is 256. The Balaban J connectivity index is 2.50. The summed E-state index contributed by atoms with van der Waals surface area (Å²) in [4.78, 5) is 0. The van der Waals surface area contributed by atoms with E-state index in [0.717, 1.165) is 19.1 Å². The molecule has 0 aliphatic heterocycles. The summed E-state index contributed by atoms with van der Waals surface area (Å²) in [6, 6.07) is 0. The van der Waals surface area contributed by atoms with Crippen molar-refractivity contribution in [1.29, 1.82) is 0 Å². The van der Waals surface area contributed by atoms with Crippen LogP contribution in [0.3, 0.4) is 0 Å². The van der Waals surface area contributed by atoms with Gasteiger partial charge in [0.05, 0.1) is 5.60 Å². The molecule has 0 aromatic heterocycles. The lowest BCUT2D eigenvalue weighted by atomic mass is 9.76. The fraction of sp³-hybridized carbons (Fsp3) is 1.00. The fourth-order valence-electron chi connectivity index (χ4n) is 3.34. The van der Waals surface area contributed by atoms with Gasteiger partial charge in [0.1, 0.15) is 0 Å². The maximum atomic E-state index is 6.43. The minimum absolute atomic E-state index is 0.102. The summed E-state index contributed by atoms with van der Waals surface area (Å²) in [5.41, 5.74) is 0.283. The molecule has 2 heteroatoms. The number of hydrogen-bond donors (Lipinski definition) is 1. The first kappa shape index (κ1) is 19.0. The van der Waals surface area contributed by atoms with Crippen LogP contribution in [0.15, 0.2) is 0 Å². The summed E-state index contributed by atoms with van der Waals surface area (Å²) in [6.45, 7) is 13.3. The fourth-order valence-corrected chi connectivity index (χ4v) is 3.34. The molecule has 0 radical (unpaired) electrons. The van der Waals surface area contributed by atoms with Crippen LogP contribution in [0.4, 0.5) is 0 Å². The smallest absolute Gasteiger partial charge is 0.0806 e. The number of hydrogen-bond acceptors (Lipinski definition) is 2. The molecule has 2 nitrogen and oxygen atoms in total. The van der Waals surface area contributed by atoms with Gasteiger partial charge in [-0.3, -0.25) is 0 Å². The van der Waals surface area contributed by atoms with Crippen molar-refractivity contribution in [2.24, 2.45) is 5.92 Å². The van der Waals surface area contributed by atoms with Crippen molar-refractivity contribution in [1.82, 2.24) is 5.32 Å².